The Morgan fingerprint density at radius 3 is 2.00 bits per heavy atom. The molecule has 6 atom stereocenters. The number of aliphatic hydroxyl groups is 1. The van der Waals surface area contributed by atoms with E-state index in [1.165, 1.54) is 0 Å². The Balaban J connectivity index is 3.64. The molecule has 0 spiro atoms. The highest BCUT2D eigenvalue weighted by Gasteiger charge is 2.57. The number of carbonyl (C=O) groups is 6. The Kier molecular flexibility index (Phi) is 10.4. The van der Waals surface area contributed by atoms with Crippen molar-refractivity contribution in [3.63, 3.8) is 0 Å². The van der Waals surface area contributed by atoms with Crippen molar-refractivity contribution in [1.29, 1.82) is 0 Å². The molecule has 34 heavy (non-hydrogen) atoms. The summed E-state index contributed by atoms with van der Waals surface area (Å²) in [5.41, 5.74) is 0. The average Bonchev–Trinajstić information content (AvgIpc) is 2.69. The number of amides is 1. The number of ether oxygens (including phenoxy) is 6. The van der Waals surface area contributed by atoms with Gasteiger partial charge in [-0.05, 0) is 0 Å². The van der Waals surface area contributed by atoms with Gasteiger partial charge in [0.1, 0.15) is 18.8 Å². The molecule has 1 heterocycles. The molecule has 1 aliphatic rings. The Bertz CT molecular complexity index is 812. The van der Waals surface area contributed by atoms with Crippen LogP contribution < -0.4 is 5.32 Å². The van der Waals surface area contributed by atoms with Crippen LogP contribution in [0.4, 0.5) is 0 Å². The van der Waals surface area contributed by atoms with Crippen LogP contribution in [0.15, 0.2) is 0 Å². The van der Waals surface area contributed by atoms with Crippen molar-refractivity contribution in [3.8, 4) is 0 Å². The Hall–Kier alpha value is -3.26. The van der Waals surface area contributed by atoms with Crippen molar-refractivity contribution in [1.82, 2.24) is 5.32 Å². The highest BCUT2D eigenvalue weighted by atomic mass is 16.7. The molecule has 1 fully saturated rings. The van der Waals surface area contributed by atoms with E-state index < -0.39 is 85.0 Å². The van der Waals surface area contributed by atoms with Gasteiger partial charge >= 0.3 is 29.8 Å². The second-order valence-corrected chi connectivity index (χ2v) is 7.46. The van der Waals surface area contributed by atoms with E-state index in [1.807, 2.05) is 0 Å². The summed E-state index contributed by atoms with van der Waals surface area (Å²) < 4.78 is 30.6. The quantitative estimate of drug-likeness (QED) is 0.280. The van der Waals surface area contributed by atoms with Crippen LogP contribution in [0, 0.1) is 0 Å². The van der Waals surface area contributed by atoms with Crippen LogP contribution in [-0.2, 0) is 57.2 Å². The minimum Gasteiger partial charge on any atom is -0.465 e. The number of hydrogen-bond acceptors (Lipinski definition) is 13. The van der Waals surface area contributed by atoms with E-state index >= 15 is 0 Å². The van der Waals surface area contributed by atoms with E-state index in [-0.39, 0.29) is 0 Å². The molecule has 0 aromatic carbocycles. The first kappa shape index (κ1) is 28.8. The third-order valence-corrected chi connectivity index (χ3v) is 4.52. The molecule has 192 valence electrons. The Morgan fingerprint density at radius 2 is 1.56 bits per heavy atom. The summed E-state index contributed by atoms with van der Waals surface area (Å²) in [4.78, 5) is 70.9. The summed E-state index contributed by atoms with van der Waals surface area (Å²) >= 11 is 0. The molecule has 0 saturated carbocycles. The maximum Gasteiger partial charge on any atom is 0.366 e. The second kappa shape index (κ2) is 12.3. The van der Waals surface area contributed by atoms with Gasteiger partial charge in [0, 0.05) is 34.6 Å². The highest BCUT2D eigenvalue weighted by molar-refractivity contribution is 5.78. The summed E-state index contributed by atoms with van der Waals surface area (Å²) in [7, 11) is 0.964. The number of esters is 5. The van der Waals surface area contributed by atoms with E-state index in [4.69, 9.17) is 23.7 Å². The van der Waals surface area contributed by atoms with Crippen LogP contribution in [0.5, 0.6) is 0 Å². The predicted molar refractivity (Wildman–Crippen MR) is 107 cm³/mol. The van der Waals surface area contributed by atoms with E-state index in [0.29, 0.717) is 0 Å². The van der Waals surface area contributed by atoms with Crippen molar-refractivity contribution < 1.29 is 62.3 Å². The molecule has 0 radical (unpaired) electrons. The lowest BCUT2D eigenvalue weighted by Crippen LogP contribution is -2.68. The lowest BCUT2D eigenvalue weighted by Gasteiger charge is -2.46. The summed E-state index contributed by atoms with van der Waals surface area (Å²) in [6.45, 7) is 4.69. The fourth-order valence-electron chi connectivity index (χ4n) is 3.41. The van der Waals surface area contributed by atoms with Gasteiger partial charge in [-0.1, -0.05) is 0 Å². The van der Waals surface area contributed by atoms with Crippen molar-refractivity contribution >= 4 is 35.8 Å². The first-order chi connectivity index (χ1) is 15.7. The molecule has 0 aromatic rings. The average molecular weight is 491 g/mol. The van der Waals surface area contributed by atoms with Gasteiger partial charge in [0.25, 0.3) is 5.79 Å². The molecule has 2 N–H and O–H groups in total. The van der Waals surface area contributed by atoms with Crippen molar-refractivity contribution in [3.05, 3.63) is 0 Å². The first-order valence-electron chi connectivity index (χ1n) is 10.1. The third kappa shape index (κ3) is 8.26. The smallest absolute Gasteiger partial charge is 0.366 e. The van der Waals surface area contributed by atoms with Crippen LogP contribution in [-0.4, -0.2) is 90.8 Å². The molecule has 0 aromatic heterocycles. The molecule has 0 aliphatic carbocycles. The van der Waals surface area contributed by atoms with Gasteiger partial charge < -0.3 is 38.8 Å². The predicted octanol–water partition coefficient (Wildman–Crippen LogP) is -1.50. The maximum atomic E-state index is 12.3. The molecule has 1 rings (SSSR count). The number of nitrogens with one attached hydrogen (secondary N) is 1. The fraction of sp³-hybridized carbons (Fsp3) is 0.700. The van der Waals surface area contributed by atoms with Gasteiger partial charge in [-0.15, -0.1) is 0 Å². The number of hydrogen-bond donors (Lipinski definition) is 2. The van der Waals surface area contributed by atoms with Gasteiger partial charge in [-0.2, -0.15) is 0 Å². The minimum atomic E-state index is -2.71. The van der Waals surface area contributed by atoms with Crippen LogP contribution in [0.3, 0.4) is 0 Å². The van der Waals surface area contributed by atoms with Crippen LogP contribution >= 0.6 is 0 Å². The SMILES string of the molecule is COC(=O)[C@@]1(O)C[C@H](OC(C)=O)[C@@H](NC(C)=O)[C@H]([C@H](OC(C)=O)[C@@H](COC(C)=O)OC(C)=O)O1. The van der Waals surface area contributed by atoms with Crippen LogP contribution in [0.1, 0.15) is 41.0 Å². The van der Waals surface area contributed by atoms with Gasteiger partial charge in [0.2, 0.25) is 5.91 Å². The standard InChI is InChI=1S/C20H29NO13/c1-9(22)21-16-14(31-11(3)24)7-20(28,19(27)29-6)34-18(16)17(33-13(5)26)15(32-12(4)25)8-30-10(2)23/h14-18,28H,7-8H2,1-6H3,(H,21,22)/t14-,15+,16+,17+,18+,20+/m0/s1. The van der Waals surface area contributed by atoms with E-state index in [2.05, 4.69) is 10.1 Å². The minimum absolute atomic E-state index is 0.617. The lowest BCUT2D eigenvalue weighted by molar-refractivity contribution is -0.299. The zero-order chi connectivity index (χ0) is 26.2. The molecule has 14 nitrogen and oxygen atoms in total. The van der Waals surface area contributed by atoms with Crippen molar-refractivity contribution in [2.75, 3.05) is 13.7 Å². The normalized spacial score (nSPS) is 25.7. The van der Waals surface area contributed by atoms with E-state index in [9.17, 15) is 33.9 Å². The zero-order valence-electron chi connectivity index (χ0n) is 19.6. The van der Waals surface area contributed by atoms with E-state index in [1.54, 1.807) is 0 Å². The van der Waals surface area contributed by atoms with Gasteiger partial charge in [0.05, 0.1) is 19.6 Å². The monoisotopic (exact) mass is 491 g/mol. The zero-order valence-corrected chi connectivity index (χ0v) is 19.6. The number of carbonyl (C=O) groups excluding carboxylic acids is 6. The summed E-state index contributed by atoms with van der Waals surface area (Å²) in [5.74, 6) is -7.98. The molecule has 1 amide bonds. The lowest BCUT2D eigenvalue weighted by atomic mass is 9.88. The topological polar surface area (TPSA) is 190 Å². The fourth-order valence-corrected chi connectivity index (χ4v) is 3.41. The highest BCUT2D eigenvalue weighted by Crippen LogP contribution is 2.34. The molecule has 1 saturated heterocycles. The molecule has 1 aliphatic heterocycles. The summed E-state index contributed by atoms with van der Waals surface area (Å²) in [6.07, 6.45) is -6.86. The van der Waals surface area contributed by atoms with Gasteiger partial charge in [0.15, 0.2) is 12.2 Å². The second-order valence-electron chi connectivity index (χ2n) is 7.46. The van der Waals surface area contributed by atoms with Crippen LogP contribution in [0.2, 0.25) is 0 Å². The van der Waals surface area contributed by atoms with Crippen LogP contribution in [0.25, 0.3) is 0 Å². The number of rotatable bonds is 9. The summed E-state index contributed by atoms with van der Waals surface area (Å²) in [6, 6.07) is -1.31. The van der Waals surface area contributed by atoms with Crippen molar-refractivity contribution in [2.45, 2.75) is 77.3 Å². The van der Waals surface area contributed by atoms with Gasteiger partial charge in [-0.25, -0.2) is 4.79 Å². The molecular formula is C20H29NO13. The molecule has 0 unspecified atom stereocenters. The number of methoxy groups -OCH3 is 1. The van der Waals surface area contributed by atoms with E-state index in [0.717, 1.165) is 41.7 Å². The summed E-state index contributed by atoms with van der Waals surface area (Å²) in [5, 5.41) is 13.3. The molecular weight excluding hydrogens is 462 g/mol. The third-order valence-electron chi connectivity index (χ3n) is 4.52. The maximum absolute atomic E-state index is 12.3. The van der Waals surface area contributed by atoms with Gasteiger partial charge in [-0.3, -0.25) is 24.0 Å². The van der Waals surface area contributed by atoms with Crippen molar-refractivity contribution in [2.24, 2.45) is 0 Å². The molecule has 14 heteroatoms. The Morgan fingerprint density at radius 1 is 0.971 bits per heavy atom. The largest absolute Gasteiger partial charge is 0.465 e. The first-order valence-corrected chi connectivity index (χ1v) is 10.1. The Labute approximate surface area is 195 Å². The molecule has 0 bridgehead atoms.